The lowest BCUT2D eigenvalue weighted by Gasteiger charge is -2.07. The van der Waals surface area contributed by atoms with Crippen LogP contribution in [0.4, 0.5) is 0 Å². The van der Waals surface area contributed by atoms with E-state index < -0.39 is 5.97 Å². The molecule has 25 heavy (non-hydrogen) atoms. The van der Waals surface area contributed by atoms with E-state index in [9.17, 15) is 9.90 Å². The Morgan fingerprint density at radius 1 is 1.16 bits per heavy atom. The summed E-state index contributed by atoms with van der Waals surface area (Å²) < 4.78 is 1.89. The minimum atomic E-state index is -0.994. The Bertz CT molecular complexity index is 1140. The Kier molecular flexibility index (Phi) is 3.86. The van der Waals surface area contributed by atoms with Crippen LogP contribution < -0.4 is 0 Å². The minimum absolute atomic E-state index is 0.200. The molecule has 0 unspecified atom stereocenters. The van der Waals surface area contributed by atoms with Gasteiger partial charge in [0.2, 0.25) is 0 Å². The first-order chi connectivity index (χ1) is 12.0. The van der Waals surface area contributed by atoms with Gasteiger partial charge in [0, 0.05) is 29.7 Å². The molecule has 0 spiro atoms. The molecule has 1 N–H and O–H groups in total. The van der Waals surface area contributed by atoms with Gasteiger partial charge in [0.25, 0.3) is 0 Å². The highest BCUT2D eigenvalue weighted by Crippen LogP contribution is 2.29. The van der Waals surface area contributed by atoms with Crippen LogP contribution in [-0.2, 0) is 6.54 Å². The largest absolute Gasteiger partial charge is 0.478 e. The minimum Gasteiger partial charge on any atom is -0.478 e. The molecule has 0 amide bonds. The molecule has 2 aromatic carbocycles. The summed E-state index contributed by atoms with van der Waals surface area (Å²) in [6.45, 7) is 0.520. The maximum atomic E-state index is 11.6. The Morgan fingerprint density at radius 2 is 2.00 bits per heavy atom. The molecule has 4 rings (SSSR count). The number of carbonyl (C=O) groups is 1. The van der Waals surface area contributed by atoms with Crippen molar-refractivity contribution in [3.63, 3.8) is 0 Å². The molecule has 0 bridgehead atoms. The van der Waals surface area contributed by atoms with Gasteiger partial charge in [-0.1, -0.05) is 35.3 Å². The van der Waals surface area contributed by atoms with Gasteiger partial charge in [-0.3, -0.25) is 4.98 Å². The van der Waals surface area contributed by atoms with Crippen LogP contribution >= 0.6 is 23.2 Å². The molecule has 0 radical (unpaired) electrons. The van der Waals surface area contributed by atoms with Crippen molar-refractivity contribution in [2.45, 2.75) is 6.54 Å². The second-order valence-electron chi connectivity index (χ2n) is 5.79. The fraction of sp³-hybridized carbons (Fsp3) is 0.0526. The van der Waals surface area contributed by atoms with Gasteiger partial charge in [0.05, 0.1) is 26.6 Å². The van der Waals surface area contributed by atoms with E-state index >= 15 is 0 Å². The summed E-state index contributed by atoms with van der Waals surface area (Å²) in [6.07, 6.45) is 3.24. The predicted octanol–water partition coefficient (Wildman–Crippen LogP) is 5.24. The molecule has 0 aliphatic heterocycles. The number of benzene rings is 2. The van der Waals surface area contributed by atoms with Gasteiger partial charge in [0.15, 0.2) is 0 Å². The Balaban J connectivity index is 1.83. The molecule has 4 nitrogen and oxygen atoms in total. The number of pyridine rings is 1. The fourth-order valence-corrected chi connectivity index (χ4v) is 3.49. The molecule has 0 atom stereocenters. The third-order valence-electron chi connectivity index (χ3n) is 4.15. The molecule has 0 saturated heterocycles. The van der Waals surface area contributed by atoms with Crippen LogP contribution in [0.15, 0.2) is 54.9 Å². The second-order valence-corrected chi connectivity index (χ2v) is 6.63. The van der Waals surface area contributed by atoms with E-state index in [2.05, 4.69) is 4.98 Å². The Morgan fingerprint density at radius 3 is 2.80 bits per heavy atom. The Hall–Kier alpha value is -2.56. The number of aromatic carboxylic acids is 1. The van der Waals surface area contributed by atoms with Crippen molar-refractivity contribution in [2.75, 3.05) is 0 Å². The molecule has 0 saturated carbocycles. The van der Waals surface area contributed by atoms with Gasteiger partial charge < -0.3 is 9.67 Å². The third kappa shape index (κ3) is 2.84. The van der Waals surface area contributed by atoms with Crippen LogP contribution in [0.2, 0.25) is 10.0 Å². The summed E-state index contributed by atoms with van der Waals surface area (Å²) in [7, 11) is 0. The van der Waals surface area contributed by atoms with Gasteiger partial charge in [0.1, 0.15) is 0 Å². The molecule has 0 aliphatic rings. The maximum Gasteiger partial charge on any atom is 0.337 e. The number of hydrogen-bond acceptors (Lipinski definition) is 2. The first-order valence-corrected chi connectivity index (χ1v) is 8.33. The van der Waals surface area contributed by atoms with Crippen molar-refractivity contribution in [3.8, 4) is 0 Å². The molecule has 4 aromatic rings. The van der Waals surface area contributed by atoms with Gasteiger partial charge in [-0.15, -0.1) is 0 Å². The lowest BCUT2D eigenvalue weighted by molar-refractivity contribution is 0.0699. The van der Waals surface area contributed by atoms with Crippen molar-refractivity contribution in [1.82, 2.24) is 9.55 Å². The number of fused-ring (bicyclic) bond motifs is 2. The standard InChI is InChI=1S/C19H12Cl2N2O2/c20-13-7-12-6-11(4-5-16(12)22-8-13)9-23-10-14(19(24)25)18-15(21)2-1-3-17(18)23/h1-8,10H,9H2,(H,24,25). The lowest BCUT2D eigenvalue weighted by Crippen LogP contribution is -1.99. The smallest absolute Gasteiger partial charge is 0.337 e. The first-order valence-electron chi connectivity index (χ1n) is 7.58. The van der Waals surface area contributed by atoms with Crippen LogP contribution in [0.5, 0.6) is 0 Å². The van der Waals surface area contributed by atoms with Crippen molar-refractivity contribution in [1.29, 1.82) is 0 Å². The van der Waals surface area contributed by atoms with Crippen molar-refractivity contribution < 1.29 is 9.90 Å². The van der Waals surface area contributed by atoms with Crippen molar-refractivity contribution in [2.24, 2.45) is 0 Å². The van der Waals surface area contributed by atoms with Gasteiger partial charge in [-0.2, -0.15) is 0 Å². The number of aromatic nitrogens is 2. The molecule has 6 heteroatoms. The molecule has 2 aromatic heterocycles. The van der Waals surface area contributed by atoms with E-state index in [4.69, 9.17) is 23.2 Å². The van der Waals surface area contributed by atoms with E-state index in [0.717, 1.165) is 22.0 Å². The maximum absolute atomic E-state index is 11.6. The van der Waals surface area contributed by atoms with Crippen LogP contribution in [0.3, 0.4) is 0 Å². The van der Waals surface area contributed by atoms with Gasteiger partial charge in [-0.05, 0) is 35.9 Å². The molecule has 0 fully saturated rings. The van der Waals surface area contributed by atoms with Gasteiger partial charge in [-0.25, -0.2) is 4.79 Å². The monoisotopic (exact) mass is 370 g/mol. The summed E-state index contributed by atoms with van der Waals surface area (Å²) in [5.41, 5.74) is 2.87. The van der Waals surface area contributed by atoms with E-state index in [1.165, 1.54) is 0 Å². The van der Waals surface area contributed by atoms with Crippen LogP contribution in [0.25, 0.3) is 21.8 Å². The summed E-state index contributed by atoms with van der Waals surface area (Å²) in [4.78, 5) is 15.8. The Labute approximate surface area is 153 Å². The molecule has 124 valence electrons. The highest BCUT2D eigenvalue weighted by Gasteiger charge is 2.16. The summed E-state index contributed by atoms with van der Waals surface area (Å²) >= 11 is 12.2. The number of carboxylic acid groups (broad SMARTS) is 1. The highest BCUT2D eigenvalue weighted by atomic mass is 35.5. The number of nitrogens with zero attached hydrogens (tertiary/aromatic N) is 2. The zero-order valence-electron chi connectivity index (χ0n) is 12.9. The number of rotatable bonds is 3. The van der Waals surface area contributed by atoms with Crippen molar-refractivity contribution >= 4 is 51.0 Å². The topological polar surface area (TPSA) is 55.1 Å². The van der Waals surface area contributed by atoms with E-state index in [-0.39, 0.29) is 5.56 Å². The quantitative estimate of drug-likeness (QED) is 0.536. The zero-order chi connectivity index (χ0) is 17.6. The molecule has 0 aliphatic carbocycles. The third-order valence-corrected chi connectivity index (χ3v) is 4.67. The normalized spacial score (nSPS) is 11.3. The average molecular weight is 371 g/mol. The highest BCUT2D eigenvalue weighted by molar-refractivity contribution is 6.36. The fourth-order valence-electron chi connectivity index (χ4n) is 3.05. The second kappa shape index (κ2) is 6.06. The predicted molar refractivity (Wildman–Crippen MR) is 99.8 cm³/mol. The van der Waals surface area contributed by atoms with Crippen LogP contribution in [-0.4, -0.2) is 20.6 Å². The van der Waals surface area contributed by atoms with Crippen LogP contribution in [0, 0.1) is 0 Å². The summed E-state index contributed by atoms with van der Waals surface area (Å²) in [5.74, 6) is -0.994. The average Bonchev–Trinajstić information content (AvgIpc) is 2.95. The number of carboxylic acids is 1. The van der Waals surface area contributed by atoms with Gasteiger partial charge >= 0.3 is 5.97 Å². The molecular formula is C19H12Cl2N2O2. The summed E-state index contributed by atoms with van der Waals surface area (Å²) in [5, 5.41) is 12.0. The van der Waals surface area contributed by atoms with E-state index in [0.29, 0.717) is 22.0 Å². The SMILES string of the molecule is O=C(O)c1cn(Cc2ccc3ncc(Cl)cc3c2)c2cccc(Cl)c12. The molecular weight excluding hydrogens is 359 g/mol. The molecule has 2 heterocycles. The first kappa shape index (κ1) is 15.9. The number of hydrogen-bond donors (Lipinski definition) is 1. The van der Waals surface area contributed by atoms with E-state index in [1.807, 2.05) is 41.0 Å². The zero-order valence-corrected chi connectivity index (χ0v) is 14.4. The summed E-state index contributed by atoms with van der Waals surface area (Å²) in [6, 6.07) is 13.2. The van der Waals surface area contributed by atoms with Crippen LogP contribution in [0.1, 0.15) is 15.9 Å². The lowest BCUT2D eigenvalue weighted by atomic mass is 10.1. The van der Waals surface area contributed by atoms with E-state index in [1.54, 1.807) is 18.5 Å². The number of halogens is 2. The van der Waals surface area contributed by atoms with Crippen molar-refractivity contribution in [3.05, 3.63) is 76.0 Å².